The van der Waals surface area contributed by atoms with Gasteiger partial charge in [-0.25, -0.2) is 9.78 Å². The third-order valence-electron chi connectivity index (χ3n) is 5.48. The molecule has 1 aliphatic rings. The third kappa shape index (κ3) is 6.22. The first-order chi connectivity index (χ1) is 11.4. The summed E-state index contributed by atoms with van der Waals surface area (Å²) in [5, 5.41) is 0. The van der Waals surface area contributed by atoms with E-state index in [1.807, 2.05) is 0 Å². The summed E-state index contributed by atoms with van der Waals surface area (Å²) in [6.07, 6.45) is 11.0. The van der Waals surface area contributed by atoms with Gasteiger partial charge in [0.05, 0.1) is 0 Å². The fraction of sp³-hybridized carbons (Fsp3) is 0.727. The van der Waals surface area contributed by atoms with Crippen LogP contribution in [0.15, 0.2) is 30.3 Å². The fourth-order valence-corrected chi connectivity index (χ4v) is 4.00. The van der Waals surface area contributed by atoms with Crippen LogP contribution in [0.25, 0.3) is 0 Å². The Morgan fingerprint density at radius 3 is 2.29 bits per heavy atom. The van der Waals surface area contributed by atoms with Crippen molar-refractivity contribution in [2.24, 2.45) is 5.92 Å². The minimum atomic E-state index is -0.0997. The number of hydrogen-bond acceptors (Lipinski definition) is 2. The summed E-state index contributed by atoms with van der Waals surface area (Å²) in [7, 11) is 0. The second-order valence-electron chi connectivity index (χ2n) is 8.34. The molecule has 1 aliphatic heterocycles. The van der Waals surface area contributed by atoms with Crippen molar-refractivity contribution in [2.75, 3.05) is 0 Å². The van der Waals surface area contributed by atoms with Gasteiger partial charge in [0.2, 0.25) is 0 Å². The second kappa shape index (κ2) is 9.01. The van der Waals surface area contributed by atoms with Gasteiger partial charge < -0.3 is 0 Å². The summed E-state index contributed by atoms with van der Waals surface area (Å²) in [5.74, 6) is 0.701. The van der Waals surface area contributed by atoms with Crippen molar-refractivity contribution in [3.05, 3.63) is 35.9 Å². The highest BCUT2D eigenvalue weighted by Crippen LogP contribution is 2.41. The standard InChI is InChI=1S/C22H36O2/c1-5-21(3)18-22(4,24-23-21)17-19(2)13-9-6-7-10-14-20-15-11-8-12-16-20/h8,11-12,15-16,19H,5-7,9-10,13-14,17-18H2,1-4H3/t19?,21-,22-/m0/s1. The first kappa shape index (κ1) is 19.5. The van der Waals surface area contributed by atoms with Gasteiger partial charge in [-0.05, 0) is 51.0 Å². The molecule has 1 heterocycles. The highest BCUT2D eigenvalue weighted by molar-refractivity contribution is 5.14. The van der Waals surface area contributed by atoms with E-state index in [0.717, 1.165) is 19.3 Å². The number of benzene rings is 1. The lowest BCUT2D eigenvalue weighted by molar-refractivity contribution is -0.346. The molecule has 1 fully saturated rings. The van der Waals surface area contributed by atoms with Gasteiger partial charge in [-0.2, -0.15) is 0 Å². The van der Waals surface area contributed by atoms with Gasteiger partial charge in [-0.1, -0.05) is 69.9 Å². The largest absolute Gasteiger partial charge is 0.230 e. The molecule has 1 aromatic rings. The lowest BCUT2D eigenvalue weighted by Gasteiger charge is -2.25. The maximum absolute atomic E-state index is 5.71. The van der Waals surface area contributed by atoms with Crippen LogP contribution in [0.2, 0.25) is 0 Å². The van der Waals surface area contributed by atoms with E-state index in [0.29, 0.717) is 5.92 Å². The van der Waals surface area contributed by atoms with Crippen LogP contribution in [0.5, 0.6) is 0 Å². The molecular weight excluding hydrogens is 296 g/mol. The third-order valence-corrected chi connectivity index (χ3v) is 5.48. The zero-order valence-corrected chi connectivity index (χ0v) is 16.1. The normalized spacial score (nSPS) is 28.2. The van der Waals surface area contributed by atoms with Crippen molar-refractivity contribution >= 4 is 0 Å². The molecule has 3 atom stereocenters. The van der Waals surface area contributed by atoms with Gasteiger partial charge in [-0.3, -0.25) is 0 Å². The van der Waals surface area contributed by atoms with Crippen molar-refractivity contribution in [1.29, 1.82) is 0 Å². The van der Waals surface area contributed by atoms with Crippen LogP contribution in [-0.4, -0.2) is 11.2 Å². The predicted molar refractivity (Wildman–Crippen MR) is 101 cm³/mol. The molecule has 24 heavy (non-hydrogen) atoms. The number of aryl methyl sites for hydroxylation is 1. The van der Waals surface area contributed by atoms with E-state index >= 15 is 0 Å². The minimum absolute atomic E-state index is 0.0914. The van der Waals surface area contributed by atoms with Gasteiger partial charge in [0.25, 0.3) is 0 Å². The maximum Gasteiger partial charge on any atom is 0.104 e. The Morgan fingerprint density at radius 2 is 1.62 bits per heavy atom. The summed E-state index contributed by atoms with van der Waals surface area (Å²) in [6.45, 7) is 8.91. The van der Waals surface area contributed by atoms with Crippen LogP contribution in [0.4, 0.5) is 0 Å². The Morgan fingerprint density at radius 1 is 0.958 bits per heavy atom. The lowest BCUT2D eigenvalue weighted by Crippen LogP contribution is -2.29. The van der Waals surface area contributed by atoms with E-state index < -0.39 is 0 Å². The first-order valence-corrected chi connectivity index (χ1v) is 9.85. The molecule has 0 radical (unpaired) electrons. The Balaban J connectivity index is 1.56. The molecule has 0 N–H and O–H groups in total. The maximum atomic E-state index is 5.71. The Kier molecular flexibility index (Phi) is 7.31. The summed E-state index contributed by atoms with van der Waals surface area (Å²) in [4.78, 5) is 11.3. The highest BCUT2D eigenvalue weighted by atomic mass is 17.2. The molecule has 0 bridgehead atoms. The van der Waals surface area contributed by atoms with Crippen LogP contribution in [0.3, 0.4) is 0 Å². The van der Waals surface area contributed by atoms with Gasteiger partial charge in [0.15, 0.2) is 0 Å². The van der Waals surface area contributed by atoms with Gasteiger partial charge in [0.1, 0.15) is 11.2 Å². The average molecular weight is 333 g/mol. The number of unbranched alkanes of at least 4 members (excludes halogenated alkanes) is 3. The lowest BCUT2D eigenvalue weighted by atomic mass is 9.82. The molecule has 2 nitrogen and oxygen atoms in total. The zero-order valence-electron chi connectivity index (χ0n) is 16.1. The number of hydrogen-bond donors (Lipinski definition) is 0. The molecular formula is C22H36O2. The van der Waals surface area contributed by atoms with Gasteiger partial charge in [-0.15, -0.1) is 0 Å². The van der Waals surface area contributed by atoms with E-state index in [2.05, 4.69) is 58.0 Å². The van der Waals surface area contributed by atoms with Gasteiger partial charge >= 0.3 is 0 Å². The van der Waals surface area contributed by atoms with Crippen molar-refractivity contribution < 1.29 is 9.78 Å². The Bertz CT molecular complexity index is 472. The van der Waals surface area contributed by atoms with E-state index in [1.54, 1.807) is 0 Å². The van der Waals surface area contributed by atoms with Crippen molar-refractivity contribution in [3.63, 3.8) is 0 Å². The van der Waals surface area contributed by atoms with Crippen LogP contribution in [-0.2, 0) is 16.2 Å². The van der Waals surface area contributed by atoms with Crippen molar-refractivity contribution in [1.82, 2.24) is 0 Å². The predicted octanol–water partition coefficient (Wildman–Crippen LogP) is 6.49. The van der Waals surface area contributed by atoms with E-state index in [-0.39, 0.29) is 11.2 Å². The van der Waals surface area contributed by atoms with E-state index in [9.17, 15) is 0 Å². The second-order valence-corrected chi connectivity index (χ2v) is 8.34. The van der Waals surface area contributed by atoms with Crippen molar-refractivity contribution in [2.45, 2.75) is 96.7 Å². The SMILES string of the molecule is CC[C@@]1(C)C[C@](C)(CC(C)CCCCCCc2ccccc2)OO1. The molecule has 1 unspecified atom stereocenters. The Hall–Kier alpha value is -0.860. The minimum Gasteiger partial charge on any atom is -0.230 e. The quantitative estimate of drug-likeness (QED) is 0.360. The smallest absolute Gasteiger partial charge is 0.104 e. The van der Waals surface area contributed by atoms with Crippen LogP contribution < -0.4 is 0 Å². The van der Waals surface area contributed by atoms with Gasteiger partial charge in [0, 0.05) is 6.42 Å². The molecule has 1 saturated heterocycles. The molecule has 0 aliphatic carbocycles. The molecule has 0 aromatic heterocycles. The molecule has 2 heteroatoms. The summed E-state index contributed by atoms with van der Waals surface area (Å²) in [6, 6.07) is 10.8. The molecule has 2 rings (SSSR count). The molecule has 0 spiro atoms. The molecule has 0 amide bonds. The van der Waals surface area contributed by atoms with Crippen molar-refractivity contribution in [3.8, 4) is 0 Å². The summed E-state index contributed by atoms with van der Waals surface area (Å²) >= 11 is 0. The molecule has 136 valence electrons. The average Bonchev–Trinajstić information content (AvgIpc) is 2.87. The Labute approximate surface area is 148 Å². The summed E-state index contributed by atoms with van der Waals surface area (Å²) in [5.41, 5.74) is 1.28. The fourth-order valence-electron chi connectivity index (χ4n) is 4.00. The molecule has 0 saturated carbocycles. The monoisotopic (exact) mass is 332 g/mol. The van der Waals surface area contributed by atoms with Crippen LogP contribution >= 0.6 is 0 Å². The number of rotatable bonds is 10. The topological polar surface area (TPSA) is 18.5 Å². The van der Waals surface area contributed by atoms with E-state index in [4.69, 9.17) is 9.78 Å². The van der Waals surface area contributed by atoms with E-state index in [1.165, 1.54) is 44.1 Å². The first-order valence-electron chi connectivity index (χ1n) is 9.85. The van der Waals surface area contributed by atoms with Crippen LogP contribution in [0.1, 0.15) is 84.6 Å². The molecule has 1 aromatic carbocycles. The summed E-state index contributed by atoms with van der Waals surface area (Å²) < 4.78 is 0. The zero-order chi connectivity index (χ0) is 17.5. The van der Waals surface area contributed by atoms with Crippen LogP contribution in [0, 0.1) is 5.92 Å². The highest BCUT2D eigenvalue weighted by Gasteiger charge is 2.45.